The Morgan fingerprint density at radius 1 is 1.27 bits per heavy atom. The predicted octanol–water partition coefficient (Wildman–Crippen LogP) is -0.249. The molecular weight excluding hydrogens is 208 g/mol. The lowest BCUT2D eigenvalue weighted by atomic mass is 10.5. The Kier molecular flexibility index (Phi) is 1.93. The average molecular weight is 222 g/mol. The van der Waals surface area contributed by atoms with Gasteiger partial charge in [0.2, 0.25) is 16.1 Å². The Bertz CT molecular complexity index is 147. The van der Waals surface area contributed by atoms with Crippen LogP contribution in [0.2, 0.25) is 0 Å². The molecule has 2 saturated heterocycles. The fourth-order valence-electron chi connectivity index (χ4n) is 1.82. The summed E-state index contributed by atoms with van der Waals surface area (Å²) in [7, 11) is 2.20. The van der Waals surface area contributed by atoms with Crippen molar-refractivity contribution in [1.82, 2.24) is 15.1 Å². The third-order valence-electron chi connectivity index (χ3n) is 2.06. The molecule has 0 radical (unpaired) electrons. The lowest BCUT2D eigenvalue weighted by Gasteiger charge is -2.46. The van der Waals surface area contributed by atoms with Crippen LogP contribution in [-0.4, -0.2) is 53.7 Å². The van der Waals surface area contributed by atoms with Gasteiger partial charge in [-0.1, -0.05) is 0 Å². The van der Waals surface area contributed by atoms with E-state index in [1.165, 1.54) is 0 Å². The van der Waals surface area contributed by atoms with E-state index in [9.17, 15) is 0 Å². The maximum atomic E-state index is 3.67. The van der Waals surface area contributed by atoms with E-state index in [2.05, 4.69) is 38.3 Å². The van der Waals surface area contributed by atoms with Gasteiger partial charge in [0, 0.05) is 0 Å². The highest BCUT2D eigenvalue weighted by Crippen LogP contribution is 2.19. The van der Waals surface area contributed by atoms with Crippen LogP contribution in [0.4, 0.5) is 0 Å². The SMILES string of the molecule is C[N+]1(Br)CN2CNCN(C2)C1. The molecule has 1 N–H and O–H groups in total. The molecule has 2 aliphatic heterocycles. The van der Waals surface area contributed by atoms with Crippen molar-refractivity contribution in [3.63, 3.8) is 0 Å². The van der Waals surface area contributed by atoms with E-state index in [0.29, 0.717) is 0 Å². The Balaban J connectivity index is 2.05. The zero-order valence-corrected chi connectivity index (χ0v) is 8.34. The fourth-order valence-corrected chi connectivity index (χ4v) is 2.45. The normalized spacial score (nSPS) is 50.7. The van der Waals surface area contributed by atoms with Crippen molar-refractivity contribution in [3.8, 4) is 0 Å². The molecule has 4 nitrogen and oxygen atoms in total. The van der Waals surface area contributed by atoms with Gasteiger partial charge in [-0.2, -0.15) is 0 Å². The smallest absolute Gasteiger partial charge is 0.229 e. The molecule has 2 aliphatic rings. The first-order valence-electron chi connectivity index (χ1n) is 3.85. The van der Waals surface area contributed by atoms with Gasteiger partial charge in [-0.25, -0.2) is 13.3 Å². The molecule has 0 aliphatic carbocycles. The summed E-state index contributed by atoms with van der Waals surface area (Å²) in [5, 5.41) is 3.35. The molecule has 2 fully saturated rings. The molecule has 0 saturated carbocycles. The molecule has 2 heterocycles. The van der Waals surface area contributed by atoms with Gasteiger partial charge in [-0.05, 0) is 0 Å². The molecule has 0 amide bonds. The van der Waals surface area contributed by atoms with E-state index in [4.69, 9.17) is 0 Å². The molecular formula is C6H14BrN4+. The highest BCUT2D eigenvalue weighted by Gasteiger charge is 2.34. The molecule has 2 rings (SSSR count). The molecule has 11 heavy (non-hydrogen) atoms. The molecule has 2 bridgehead atoms. The van der Waals surface area contributed by atoms with Crippen LogP contribution < -0.4 is 5.32 Å². The Labute approximate surface area is 75.7 Å². The van der Waals surface area contributed by atoms with E-state index >= 15 is 0 Å². The summed E-state index contributed by atoms with van der Waals surface area (Å²) in [5.41, 5.74) is 0. The van der Waals surface area contributed by atoms with Crippen molar-refractivity contribution in [3.05, 3.63) is 0 Å². The second-order valence-corrected chi connectivity index (χ2v) is 5.31. The second kappa shape index (κ2) is 2.67. The molecule has 64 valence electrons. The van der Waals surface area contributed by atoms with E-state index in [0.717, 1.165) is 36.9 Å². The van der Waals surface area contributed by atoms with Crippen molar-refractivity contribution in [2.24, 2.45) is 0 Å². The minimum absolute atomic E-state index is 0.911. The first kappa shape index (κ1) is 7.94. The lowest BCUT2D eigenvalue weighted by Crippen LogP contribution is -2.65. The van der Waals surface area contributed by atoms with Gasteiger partial charge in [0.05, 0.1) is 27.1 Å². The summed E-state index contributed by atoms with van der Waals surface area (Å²) < 4.78 is 0.911. The third-order valence-corrected chi connectivity index (χ3v) is 2.51. The molecule has 0 aromatic carbocycles. The Morgan fingerprint density at radius 2 is 1.82 bits per heavy atom. The van der Waals surface area contributed by atoms with Gasteiger partial charge in [0.1, 0.15) is 13.3 Å². The molecule has 2 atom stereocenters. The topological polar surface area (TPSA) is 18.5 Å². The quantitative estimate of drug-likeness (QED) is 0.570. The van der Waals surface area contributed by atoms with Gasteiger partial charge in [0.15, 0.2) is 0 Å². The highest BCUT2D eigenvalue weighted by molar-refractivity contribution is 9.05. The number of nitrogens with zero attached hydrogens (tertiary/aromatic N) is 3. The zero-order valence-electron chi connectivity index (χ0n) is 6.76. The van der Waals surface area contributed by atoms with Crippen molar-refractivity contribution in [2.75, 3.05) is 40.4 Å². The second-order valence-electron chi connectivity index (χ2n) is 3.60. The van der Waals surface area contributed by atoms with Crippen LogP contribution in [0.25, 0.3) is 0 Å². The van der Waals surface area contributed by atoms with Gasteiger partial charge in [-0.3, -0.25) is 5.32 Å². The summed E-state index contributed by atoms with van der Waals surface area (Å²) in [6.45, 7) is 5.34. The van der Waals surface area contributed by atoms with E-state index in [1.807, 2.05) is 0 Å². The van der Waals surface area contributed by atoms with E-state index in [1.54, 1.807) is 0 Å². The van der Waals surface area contributed by atoms with Crippen LogP contribution in [0.15, 0.2) is 0 Å². The molecule has 0 spiro atoms. The number of hydrogen-bond donors (Lipinski definition) is 1. The van der Waals surface area contributed by atoms with Gasteiger partial charge < -0.3 is 0 Å². The minimum Gasteiger partial charge on any atom is -0.291 e. The standard InChI is InChI=1S/C6H14BrN4/c1-11(7)5-9-2-8-3-10(4-9)6-11/h8H,2-6H2,1H3/q+1. The highest BCUT2D eigenvalue weighted by atomic mass is 79.9. The summed E-state index contributed by atoms with van der Waals surface area (Å²) in [6.07, 6.45) is 0. The number of fused-ring (bicyclic) bond motifs is 2. The number of hydrogen-bond acceptors (Lipinski definition) is 3. The zero-order chi connectivity index (χ0) is 7.90. The van der Waals surface area contributed by atoms with Gasteiger partial charge in [-0.15, -0.1) is 0 Å². The van der Waals surface area contributed by atoms with E-state index < -0.39 is 0 Å². The van der Waals surface area contributed by atoms with Crippen LogP contribution in [0.5, 0.6) is 0 Å². The van der Waals surface area contributed by atoms with Crippen molar-refractivity contribution < 1.29 is 3.51 Å². The van der Waals surface area contributed by atoms with Crippen LogP contribution >= 0.6 is 16.1 Å². The van der Waals surface area contributed by atoms with E-state index in [-0.39, 0.29) is 0 Å². The summed E-state index contributed by atoms with van der Waals surface area (Å²) in [5.74, 6) is 0. The van der Waals surface area contributed by atoms with Crippen molar-refractivity contribution in [1.29, 1.82) is 0 Å². The van der Waals surface area contributed by atoms with Gasteiger partial charge in [0.25, 0.3) is 0 Å². The van der Waals surface area contributed by atoms with Crippen LogP contribution in [0.1, 0.15) is 0 Å². The molecule has 2 unspecified atom stereocenters. The monoisotopic (exact) mass is 221 g/mol. The molecule has 0 aromatic rings. The largest absolute Gasteiger partial charge is 0.291 e. The molecule has 5 heteroatoms. The Hall–Kier alpha value is 0.320. The van der Waals surface area contributed by atoms with Crippen molar-refractivity contribution in [2.45, 2.75) is 0 Å². The fraction of sp³-hybridized carbons (Fsp3) is 1.00. The predicted molar refractivity (Wildman–Crippen MR) is 46.3 cm³/mol. The summed E-state index contributed by atoms with van der Waals surface area (Å²) in [6, 6.07) is 0. The maximum absolute atomic E-state index is 3.67. The Morgan fingerprint density at radius 3 is 2.36 bits per heavy atom. The first-order chi connectivity index (χ1) is 5.16. The first-order valence-corrected chi connectivity index (χ1v) is 4.56. The maximum Gasteiger partial charge on any atom is 0.229 e. The number of rotatable bonds is 0. The number of halogens is 1. The molecule has 0 aromatic heterocycles. The number of quaternary nitrogens is 1. The minimum atomic E-state index is 0.911. The number of nitrogens with one attached hydrogen (secondary N) is 1. The summed E-state index contributed by atoms with van der Waals surface area (Å²) >= 11 is 3.67. The van der Waals surface area contributed by atoms with Crippen molar-refractivity contribution >= 4 is 16.1 Å². The van der Waals surface area contributed by atoms with Crippen LogP contribution in [0, 0.1) is 0 Å². The summed E-state index contributed by atoms with van der Waals surface area (Å²) in [4.78, 5) is 4.78. The third kappa shape index (κ3) is 1.73. The average Bonchev–Trinajstić information content (AvgIpc) is 1.82. The van der Waals surface area contributed by atoms with Crippen LogP contribution in [-0.2, 0) is 0 Å². The van der Waals surface area contributed by atoms with Gasteiger partial charge >= 0.3 is 0 Å². The van der Waals surface area contributed by atoms with Crippen LogP contribution in [0.3, 0.4) is 0 Å². The lowest BCUT2D eigenvalue weighted by molar-refractivity contribution is -0.797.